The SMILES string of the molecule is CC(C)(C)c1c2ccccc2cc2[nH]ncc12. The summed E-state index contributed by atoms with van der Waals surface area (Å²) >= 11 is 0. The second kappa shape index (κ2) is 3.33. The molecule has 0 atom stereocenters. The Bertz CT molecular complexity index is 687. The standard InChI is InChI=1S/C15H16N2/c1-15(2,3)14-11-7-5-4-6-10(11)8-13-12(14)9-16-17-13/h4-9H,1-3H3,(H,16,17). The average Bonchev–Trinajstić information content (AvgIpc) is 2.71. The van der Waals surface area contributed by atoms with Gasteiger partial charge >= 0.3 is 0 Å². The molecule has 2 aromatic carbocycles. The van der Waals surface area contributed by atoms with Crippen LogP contribution in [0.15, 0.2) is 36.5 Å². The Morgan fingerprint density at radius 1 is 1.06 bits per heavy atom. The Balaban J connectivity index is 2.57. The summed E-state index contributed by atoms with van der Waals surface area (Å²) in [5.74, 6) is 0. The monoisotopic (exact) mass is 224 g/mol. The molecule has 0 radical (unpaired) electrons. The van der Waals surface area contributed by atoms with Crippen LogP contribution < -0.4 is 0 Å². The van der Waals surface area contributed by atoms with Crippen molar-refractivity contribution in [1.29, 1.82) is 0 Å². The zero-order chi connectivity index (χ0) is 12.0. The highest BCUT2D eigenvalue weighted by molar-refractivity contribution is 6.01. The number of aromatic nitrogens is 2. The first kappa shape index (κ1) is 10.3. The molecule has 2 nitrogen and oxygen atoms in total. The first-order valence-corrected chi connectivity index (χ1v) is 5.93. The van der Waals surface area contributed by atoms with Gasteiger partial charge in [-0.1, -0.05) is 45.0 Å². The number of nitrogens with one attached hydrogen (secondary N) is 1. The average molecular weight is 224 g/mol. The fourth-order valence-corrected chi connectivity index (χ4v) is 2.56. The normalized spacial score (nSPS) is 12.4. The number of hydrogen-bond acceptors (Lipinski definition) is 1. The molecule has 0 saturated heterocycles. The minimum atomic E-state index is 0.114. The number of H-pyrrole nitrogens is 1. The molecule has 0 bridgehead atoms. The van der Waals surface area contributed by atoms with E-state index in [1.54, 1.807) is 0 Å². The largest absolute Gasteiger partial charge is 0.278 e. The maximum absolute atomic E-state index is 4.17. The van der Waals surface area contributed by atoms with Crippen molar-refractivity contribution in [2.75, 3.05) is 0 Å². The summed E-state index contributed by atoms with van der Waals surface area (Å²) in [6, 6.07) is 10.7. The molecule has 1 N–H and O–H groups in total. The maximum Gasteiger partial charge on any atom is 0.0659 e. The van der Waals surface area contributed by atoms with Crippen LogP contribution in [0.3, 0.4) is 0 Å². The summed E-state index contributed by atoms with van der Waals surface area (Å²) < 4.78 is 0. The topological polar surface area (TPSA) is 28.7 Å². The van der Waals surface area contributed by atoms with E-state index in [2.05, 4.69) is 61.3 Å². The van der Waals surface area contributed by atoms with E-state index < -0.39 is 0 Å². The lowest BCUT2D eigenvalue weighted by atomic mass is 9.81. The third-order valence-corrected chi connectivity index (χ3v) is 3.22. The first-order chi connectivity index (χ1) is 8.07. The van der Waals surface area contributed by atoms with Crippen LogP contribution in [0.5, 0.6) is 0 Å². The van der Waals surface area contributed by atoms with E-state index in [0.717, 1.165) is 5.52 Å². The van der Waals surface area contributed by atoms with Crippen LogP contribution in [0.4, 0.5) is 0 Å². The van der Waals surface area contributed by atoms with Crippen molar-refractivity contribution in [3.05, 3.63) is 42.1 Å². The predicted octanol–water partition coefficient (Wildman–Crippen LogP) is 4.01. The molecule has 3 rings (SSSR count). The van der Waals surface area contributed by atoms with Crippen molar-refractivity contribution in [3.8, 4) is 0 Å². The molecule has 0 amide bonds. The molecule has 0 aliphatic rings. The smallest absolute Gasteiger partial charge is 0.0659 e. The molecule has 0 spiro atoms. The Morgan fingerprint density at radius 2 is 1.82 bits per heavy atom. The minimum absolute atomic E-state index is 0.114. The van der Waals surface area contributed by atoms with Gasteiger partial charge in [0.15, 0.2) is 0 Å². The predicted molar refractivity (Wildman–Crippen MR) is 72.3 cm³/mol. The van der Waals surface area contributed by atoms with Gasteiger partial charge in [-0.05, 0) is 27.8 Å². The van der Waals surface area contributed by atoms with Gasteiger partial charge in [0.05, 0.1) is 11.7 Å². The van der Waals surface area contributed by atoms with E-state index >= 15 is 0 Å². The van der Waals surface area contributed by atoms with Crippen molar-refractivity contribution < 1.29 is 0 Å². The molecule has 0 saturated carbocycles. The summed E-state index contributed by atoms with van der Waals surface area (Å²) in [6.07, 6.45) is 1.93. The van der Waals surface area contributed by atoms with Gasteiger partial charge in [0, 0.05) is 5.39 Å². The van der Waals surface area contributed by atoms with Crippen LogP contribution in [0.1, 0.15) is 26.3 Å². The zero-order valence-electron chi connectivity index (χ0n) is 10.4. The molecule has 0 aliphatic heterocycles. The second-order valence-electron chi connectivity index (χ2n) is 5.55. The lowest BCUT2D eigenvalue weighted by Crippen LogP contribution is -2.12. The Labute approximate surface area is 101 Å². The Hall–Kier alpha value is -1.83. The van der Waals surface area contributed by atoms with Gasteiger partial charge in [-0.2, -0.15) is 5.10 Å². The van der Waals surface area contributed by atoms with Crippen molar-refractivity contribution in [2.45, 2.75) is 26.2 Å². The van der Waals surface area contributed by atoms with Crippen LogP contribution >= 0.6 is 0 Å². The van der Waals surface area contributed by atoms with Crippen LogP contribution in [-0.4, -0.2) is 10.2 Å². The Kier molecular flexibility index (Phi) is 2.02. The fourth-order valence-electron chi connectivity index (χ4n) is 2.56. The quantitative estimate of drug-likeness (QED) is 0.614. The van der Waals surface area contributed by atoms with Crippen molar-refractivity contribution in [3.63, 3.8) is 0 Å². The number of nitrogens with zero attached hydrogens (tertiary/aromatic N) is 1. The molecule has 0 unspecified atom stereocenters. The van der Waals surface area contributed by atoms with E-state index in [4.69, 9.17) is 0 Å². The van der Waals surface area contributed by atoms with E-state index in [1.165, 1.54) is 21.7 Å². The molecule has 1 aromatic heterocycles. The highest BCUT2D eigenvalue weighted by atomic mass is 15.1. The van der Waals surface area contributed by atoms with Crippen molar-refractivity contribution in [2.24, 2.45) is 0 Å². The van der Waals surface area contributed by atoms with Gasteiger partial charge in [-0.25, -0.2) is 0 Å². The van der Waals surface area contributed by atoms with Gasteiger partial charge in [0.2, 0.25) is 0 Å². The molecule has 1 heterocycles. The van der Waals surface area contributed by atoms with Crippen LogP contribution in [0.25, 0.3) is 21.7 Å². The van der Waals surface area contributed by atoms with Gasteiger partial charge in [-0.3, -0.25) is 5.10 Å². The molecule has 2 heteroatoms. The number of rotatable bonds is 0. The van der Waals surface area contributed by atoms with E-state index in [-0.39, 0.29) is 5.41 Å². The lowest BCUT2D eigenvalue weighted by molar-refractivity contribution is 0.601. The molecule has 0 aliphatic carbocycles. The summed E-state index contributed by atoms with van der Waals surface area (Å²) in [5, 5.41) is 11.1. The fraction of sp³-hybridized carbons (Fsp3) is 0.267. The number of hydrogen-bond donors (Lipinski definition) is 1. The molecular formula is C15H16N2. The Morgan fingerprint density at radius 3 is 2.59 bits per heavy atom. The molecule has 3 aromatic rings. The highest BCUT2D eigenvalue weighted by Gasteiger charge is 2.20. The van der Waals surface area contributed by atoms with Gasteiger partial charge in [0.1, 0.15) is 0 Å². The summed E-state index contributed by atoms with van der Waals surface area (Å²) in [7, 11) is 0. The van der Waals surface area contributed by atoms with Crippen molar-refractivity contribution in [1.82, 2.24) is 10.2 Å². The van der Waals surface area contributed by atoms with Crippen molar-refractivity contribution >= 4 is 21.7 Å². The van der Waals surface area contributed by atoms with E-state index in [1.807, 2.05) is 6.20 Å². The van der Waals surface area contributed by atoms with Gasteiger partial charge < -0.3 is 0 Å². The lowest BCUT2D eigenvalue weighted by Gasteiger charge is -2.22. The summed E-state index contributed by atoms with van der Waals surface area (Å²) in [6.45, 7) is 6.75. The highest BCUT2D eigenvalue weighted by Crippen LogP contribution is 2.35. The summed E-state index contributed by atoms with van der Waals surface area (Å²) in [4.78, 5) is 0. The maximum atomic E-state index is 4.17. The van der Waals surface area contributed by atoms with Crippen LogP contribution in [-0.2, 0) is 5.41 Å². The molecule has 0 fully saturated rings. The number of aromatic amines is 1. The minimum Gasteiger partial charge on any atom is -0.278 e. The van der Waals surface area contributed by atoms with Gasteiger partial charge in [0.25, 0.3) is 0 Å². The van der Waals surface area contributed by atoms with E-state index in [9.17, 15) is 0 Å². The van der Waals surface area contributed by atoms with Crippen LogP contribution in [0, 0.1) is 0 Å². The third-order valence-electron chi connectivity index (χ3n) is 3.22. The molecular weight excluding hydrogens is 208 g/mol. The zero-order valence-corrected chi connectivity index (χ0v) is 10.4. The van der Waals surface area contributed by atoms with Gasteiger partial charge in [-0.15, -0.1) is 0 Å². The second-order valence-corrected chi connectivity index (χ2v) is 5.55. The summed E-state index contributed by atoms with van der Waals surface area (Å²) in [5.41, 5.74) is 2.61. The third kappa shape index (κ3) is 1.52. The number of fused-ring (bicyclic) bond motifs is 2. The van der Waals surface area contributed by atoms with Crippen LogP contribution in [0.2, 0.25) is 0 Å². The molecule has 86 valence electrons. The number of benzene rings is 2. The van der Waals surface area contributed by atoms with E-state index in [0.29, 0.717) is 0 Å². The molecule has 17 heavy (non-hydrogen) atoms. The first-order valence-electron chi connectivity index (χ1n) is 5.93.